The van der Waals surface area contributed by atoms with Crippen molar-refractivity contribution in [1.29, 1.82) is 0 Å². The van der Waals surface area contributed by atoms with E-state index in [1.54, 1.807) is 30.5 Å². The van der Waals surface area contributed by atoms with Crippen LogP contribution in [0, 0.1) is 0 Å². The van der Waals surface area contributed by atoms with Gasteiger partial charge in [-0.3, -0.25) is 9.78 Å². The molecule has 2 aromatic rings. The summed E-state index contributed by atoms with van der Waals surface area (Å²) in [5.41, 5.74) is 1.25. The molecule has 0 aliphatic heterocycles. The molecule has 0 atom stereocenters. The fourth-order valence-electron chi connectivity index (χ4n) is 1.50. The van der Waals surface area contributed by atoms with E-state index in [0.29, 0.717) is 20.8 Å². The minimum atomic E-state index is -0.201. The van der Waals surface area contributed by atoms with E-state index in [9.17, 15) is 4.79 Å². The van der Waals surface area contributed by atoms with Gasteiger partial charge in [-0.1, -0.05) is 40.9 Å². The van der Waals surface area contributed by atoms with E-state index in [1.807, 2.05) is 0 Å². The Morgan fingerprint density at radius 1 is 1.11 bits per heavy atom. The van der Waals surface area contributed by atoms with Gasteiger partial charge in [-0.15, -0.1) is 0 Å². The van der Waals surface area contributed by atoms with Crippen LogP contribution in [0.4, 0.5) is 5.69 Å². The fraction of sp³-hybridized carbons (Fsp3) is 0.0769. The van der Waals surface area contributed by atoms with Crippen LogP contribution in [0.25, 0.3) is 0 Å². The predicted octanol–water partition coefficient (Wildman–Crippen LogP) is 4.22. The van der Waals surface area contributed by atoms with Crippen molar-refractivity contribution in [2.75, 3.05) is 5.32 Å². The Labute approximate surface area is 125 Å². The summed E-state index contributed by atoms with van der Waals surface area (Å²) in [6, 6.07) is 6.67. The van der Waals surface area contributed by atoms with Crippen LogP contribution in [0.5, 0.6) is 0 Å². The second-order valence-electron chi connectivity index (χ2n) is 3.83. The van der Waals surface area contributed by atoms with E-state index in [1.165, 1.54) is 6.20 Å². The van der Waals surface area contributed by atoms with E-state index in [4.69, 9.17) is 34.8 Å². The summed E-state index contributed by atoms with van der Waals surface area (Å²) >= 11 is 17.6. The van der Waals surface area contributed by atoms with Crippen LogP contribution in [0.15, 0.2) is 36.7 Å². The second-order valence-corrected chi connectivity index (χ2v) is 5.05. The van der Waals surface area contributed by atoms with Crippen molar-refractivity contribution in [2.24, 2.45) is 0 Å². The van der Waals surface area contributed by atoms with Gasteiger partial charge >= 0.3 is 0 Å². The molecule has 19 heavy (non-hydrogen) atoms. The van der Waals surface area contributed by atoms with Crippen LogP contribution >= 0.6 is 34.8 Å². The molecule has 0 bridgehead atoms. The summed E-state index contributed by atoms with van der Waals surface area (Å²) in [5, 5.41) is 4.01. The molecular weight excluding hydrogens is 307 g/mol. The monoisotopic (exact) mass is 314 g/mol. The van der Waals surface area contributed by atoms with Gasteiger partial charge in [0.25, 0.3) is 0 Å². The van der Waals surface area contributed by atoms with Crippen LogP contribution in [0.1, 0.15) is 5.56 Å². The van der Waals surface area contributed by atoms with Gasteiger partial charge in [0.15, 0.2) is 0 Å². The first-order valence-corrected chi connectivity index (χ1v) is 6.53. The minimum Gasteiger partial charge on any atom is -0.323 e. The number of anilines is 1. The predicted molar refractivity (Wildman–Crippen MR) is 78.0 cm³/mol. The van der Waals surface area contributed by atoms with Gasteiger partial charge in [-0.2, -0.15) is 0 Å². The first-order valence-electron chi connectivity index (χ1n) is 5.39. The topological polar surface area (TPSA) is 42.0 Å². The molecule has 98 valence electrons. The normalized spacial score (nSPS) is 10.3. The second kappa shape index (κ2) is 6.24. The summed E-state index contributed by atoms with van der Waals surface area (Å²) in [7, 11) is 0. The summed E-state index contributed by atoms with van der Waals surface area (Å²) in [4.78, 5) is 15.8. The molecule has 0 fully saturated rings. The zero-order valence-electron chi connectivity index (χ0n) is 9.66. The number of amides is 1. The smallest absolute Gasteiger partial charge is 0.228 e. The number of nitrogens with one attached hydrogen (secondary N) is 1. The zero-order chi connectivity index (χ0) is 13.8. The highest BCUT2D eigenvalue weighted by molar-refractivity contribution is 6.42. The number of hydrogen-bond donors (Lipinski definition) is 1. The molecule has 0 saturated heterocycles. The summed E-state index contributed by atoms with van der Waals surface area (Å²) in [6.07, 6.45) is 3.23. The van der Waals surface area contributed by atoms with Crippen molar-refractivity contribution in [3.63, 3.8) is 0 Å². The molecule has 1 heterocycles. The SMILES string of the molecule is O=C(Cc1ccc(Cl)c(Cl)c1)Nc1cnccc1Cl. The lowest BCUT2D eigenvalue weighted by Crippen LogP contribution is -2.14. The summed E-state index contributed by atoms with van der Waals surface area (Å²) in [6.45, 7) is 0. The Hall–Kier alpha value is -1.29. The molecule has 3 nitrogen and oxygen atoms in total. The van der Waals surface area contributed by atoms with E-state index < -0.39 is 0 Å². The molecule has 0 saturated carbocycles. The number of hydrogen-bond acceptors (Lipinski definition) is 2. The van der Waals surface area contributed by atoms with Crippen molar-refractivity contribution in [1.82, 2.24) is 4.98 Å². The molecule has 2 rings (SSSR count). The van der Waals surface area contributed by atoms with Crippen LogP contribution in [0.3, 0.4) is 0 Å². The van der Waals surface area contributed by atoms with Gasteiger partial charge in [-0.25, -0.2) is 0 Å². The molecular formula is C13H9Cl3N2O. The Bertz CT molecular complexity index is 617. The summed E-state index contributed by atoms with van der Waals surface area (Å²) in [5.74, 6) is -0.201. The molecule has 1 aromatic carbocycles. The highest BCUT2D eigenvalue weighted by Crippen LogP contribution is 2.23. The molecule has 6 heteroatoms. The first-order chi connectivity index (χ1) is 9.06. The number of nitrogens with zero attached hydrogens (tertiary/aromatic N) is 1. The van der Waals surface area contributed by atoms with Crippen molar-refractivity contribution in [2.45, 2.75) is 6.42 Å². The largest absolute Gasteiger partial charge is 0.323 e. The maximum absolute atomic E-state index is 11.9. The fourth-order valence-corrected chi connectivity index (χ4v) is 1.97. The molecule has 0 unspecified atom stereocenters. The Kier molecular flexibility index (Phi) is 4.64. The quantitative estimate of drug-likeness (QED) is 0.921. The van der Waals surface area contributed by atoms with Gasteiger partial charge in [-0.05, 0) is 23.8 Å². The number of pyridine rings is 1. The zero-order valence-corrected chi connectivity index (χ0v) is 11.9. The minimum absolute atomic E-state index is 0.183. The molecule has 1 N–H and O–H groups in total. The Morgan fingerprint density at radius 3 is 2.58 bits per heavy atom. The van der Waals surface area contributed by atoms with Crippen LogP contribution in [-0.4, -0.2) is 10.9 Å². The lowest BCUT2D eigenvalue weighted by Gasteiger charge is -2.07. The van der Waals surface area contributed by atoms with Gasteiger partial charge in [0.05, 0.1) is 33.4 Å². The average Bonchev–Trinajstić information content (AvgIpc) is 2.37. The van der Waals surface area contributed by atoms with E-state index in [-0.39, 0.29) is 12.3 Å². The number of rotatable bonds is 3. The standard InChI is InChI=1S/C13H9Cl3N2O/c14-9-2-1-8(5-11(9)16)6-13(19)18-12-7-17-4-3-10(12)15/h1-5,7H,6H2,(H,18,19). The average molecular weight is 316 g/mol. The van der Waals surface area contributed by atoms with E-state index in [2.05, 4.69) is 10.3 Å². The van der Waals surface area contributed by atoms with Gasteiger partial charge in [0, 0.05) is 6.20 Å². The number of halogens is 3. The molecule has 0 radical (unpaired) electrons. The van der Waals surface area contributed by atoms with Crippen LogP contribution in [0.2, 0.25) is 15.1 Å². The van der Waals surface area contributed by atoms with E-state index in [0.717, 1.165) is 5.56 Å². The van der Waals surface area contributed by atoms with Gasteiger partial charge in [0.2, 0.25) is 5.91 Å². The lowest BCUT2D eigenvalue weighted by atomic mass is 10.1. The Balaban J connectivity index is 2.05. The van der Waals surface area contributed by atoms with Crippen LogP contribution < -0.4 is 5.32 Å². The number of carbonyl (C=O) groups excluding carboxylic acids is 1. The first kappa shape index (κ1) is 14.1. The van der Waals surface area contributed by atoms with Crippen molar-refractivity contribution in [3.05, 3.63) is 57.3 Å². The molecule has 0 spiro atoms. The molecule has 0 aliphatic rings. The third-order valence-electron chi connectivity index (χ3n) is 2.39. The maximum atomic E-state index is 11.9. The lowest BCUT2D eigenvalue weighted by molar-refractivity contribution is -0.115. The van der Waals surface area contributed by atoms with Crippen molar-refractivity contribution >= 4 is 46.4 Å². The number of aromatic nitrogens is 1. The summed E-state index contributed by atoms with van der Waals surface area (Å²) < 4.78 is 0. The van der Waals surface area contributed by atoms with Crippen molar-refractivity contribution in [3.8, 4) is 0 Å². The maximum Gasteiger partial charge on any atom is 0.228 e. The third kappa shape index (κ3) is 3.83. The highest BCUT2D eigenvalue weighted by atomic mass is 35.5. The molecule has 1 amide bonds. The highest BCUT2D eigenvalue weighted by Gasteiger charge is 2.08. The molecule has 0 aliphatic carbocycles. The molecule has 1 aromatic heterocycles. The van der Waals surface area contributed by atoms with Gasteiger partial charge in [0.1, 0.15) is 0 Å². The number of carbonyl (C=O) groups is 1. The Morgan fingerprint density at radius 2 is 1.89 bits per heavy atom. The van der Waals surface area contributed by atoms with Gasteiger partial charge < -0.3 is 5.32 Å². The van der Waals surface area contributed by atoms with Crippen molar-refractivity contribution < 1.29 is 4.79 Å². The van der Waals surface area contributed by atoms with E-state index >= 15 is 0 Å². The number of benzene rings is 1. The van der Waals surface area contributed by atoms with Crippen LogP contribution in [-0.2, 0) is 11.2 Å². The third-order valence-corrected chi connectivity index (χ3v) is 3.46.